The normalized spacial score (nSPS) is 15.9. The Balaban J connectivity index is 1.86. The zero-order chi connectivity index (χ0) is 18.6. The molecule has 0 saturated carbocycles. The molecule has 0 atom stereocenters. The van der Waals surface area contributed by atoms with Gasteiger partial charge in [0.15, 0.2) is 9.84 Å². The number of carbonyl (C=O) groups excluding carboxylic acids is 1. The van der Waals surface area contributed by atoms with Crippen molar-refractivity contribution in [3.63, 3.8) is 0 Å². The fourth-order valence-electron chi connectivity index (χ4n) is 2.64. The van der Waals surface area contributed by atoms with Crippen LogP contribution in [-0.4, -0.2) is 33.8 Å². The van der Waals surface area contributed by atoms with Gasteiger partial charge >= 0.3 is 0 Å². The number of hydrogen-bond acceptors (Lipinski definition) is 5. The molecule has 7 heteroatoms. The Morgan fingerprint density at radius 2 is 1.81 bits per heavy atom. The van der Waals surface area contributed by atoms with E-state index in [1.807, 2.05) is 12.1 Å². The van der Waals surface area contributed by atoms with Crippen molar-refractivity contribution < 1.29 is 22.7 Å². The number of methoxy groups -OCH3 is 1. The summed E-state index contributed by atoms with van der Waals surface area (Å²) in [6.07, 6.45) is 0. The monoisotopic (exact) mass is 373 g/mol. The summed E-state index contributed by atoms with van der Waals surface area (Å²) in [6.45, 7) is 0.210. The van der Waals surface area contributed by atoms with Crippen molar-refractivity contribution in [1.29, 1.82) is 0 Å². The van der Waals surface area contributed by atoms with Crippen molar-refractivity contribution in [2.45, 2.75) is 6.54 Å². The maximum absolute atomic E-state index is 12.6. The number of nitrogens with one attached hydrogen (secondary N) is 1. The molecule has 26 heavy (non-hydrogen) atoms. The van der Waals surface area contributed by atoms with Gasteiger partial charge in [0, 0.05) is 6.54 Å². The van der Waals surface area contributed by atoms with Crippen molar-refractivity contribution in [2.75, 3.05) is 19.5 Å². The Morgan fingerprint density at radius 3 is 2.46 bits per heavy atom. The zero-order valence-corrected chi connectivity index (χ0v) is 15.1. The smallest absolute Gasteiger partial charge is 0.288 e. The fourth-order valence-corrected chi connectivity index (χ4v) is 4.07. The molecule has 1 amide bonds. The van der Waals surface area contributed by atoms with E-state index in [-0.39, 0.29) is 29.6 Å². The largest absolute Gasteiger partial charge is 0.497 e. The highest BCUT2D eigenvalue weighted by Crippen LogP contribution is 2.29. The molecule has 1 aliphatic heterocycles. The van der Waals surface area contributed by atoms with Gasteiger partial charge in [-0.1, -0.05) is 42.5 Å². The number of amides is 1. The summed E-state index contributed by atoms with van der Waals surface area (Å²) < 4.78 is 35.6. The minimum absolute atomic E-state index is 0.0377. The maximum Gasteiger partial charge on any atom is 0.288 e. The van der Waals surface area contributed by atoms with Gasteiger partial charge in [-0.15, -0.1) is 0 Å². The van der Waals surface area contributed by atoms with Crippen LogP contribution in [0.3, 0.4) is 0 Å². The van der Waals surface area contributed by atoms with Crippen molar-refractivity contribution in [3.8, 4) is 5.75 Å². The van der Waals surface area contributed by atoms with E-state index in [1.165, 1.54) is 0 Å². The van der Waals surface area contributed by atoms with Crippen molar-refractivity contribution in [1.82, 2.24) is 5.32 Å². The third kappa shape index (κ3) is 3.88. The molecule has 1 N–H and O–H groups in total. The molecular weight excluding hydrogens is 354 g/mol. The molecule has 6 nitrogen and oxygen atoms in total. The lowest BCUT2D eigenvalue weighted by Gasteiger charge is -2.21. The van der Waals surface area contributed by atoms with Crippen LogP contribution in [0.4, 0.5) is 0 Å². The van der Waals surface area contributed by atoms with E-state index in [4.69, 9.17) is 9.47 Å². The van der Waals surface area contributed by atoms with Crippen LogP contribution in [0.2, 0.25) is 0 Å². The molecule has 0 aromatic heterocycles. The third-order valence-corrected chi connectivity index (χ3v) is 5.72. The lowest BCUT2D eigenvalue weighted by atomic mass is 10.2. The predicted molar refractivity (Wildman–Crippen MR) is 97.9 cm³/mol. The SMILES string of the molecule is COc1ccc(CNC(=O)C2=C(c3ccccc3)S(=O)(=O)CCO2)cc1. The molecule has 136 valence electrons. The van der Waals surface area contributed by atoms with Gasteiger partial charge < -0.3 is 14.8 Å². The average Bonchev–Trinajstić information content (AvgIpc) is 2.66. The van der Waals surface area contributed by atoms with Crippen molar-refractivity contribution in [3.05, 3.63) is 71.5 Å². The summed E-state index contributed by atoms with van der Waals surface area (Å²) in [5.74, 6) is -0.137. The standard InChI is InChI=1S/C19H19NO5S/c1-24-16-9-7-14(8-10-16)13-20-19(21)17-18(15-5-3-2-4-6-15)26(22,23)12-11-25-17/h2-10H,11-13H2,1H3,(H,20,21). The number of hydrogen-bond donors (Lipinski definition) is 1. The quantitative estimate of drug-likeness (QED) is 0.868. The summed E-state index contributed by atoms with van der Waals surface area (Å²) in [4.78, 5) is 12.5. The van der Waals surface area contributed by atoms with E-state index in [1.54, 1.807) is 49.6 Å². The summed E-state index contributed by atoms with van der Waals surface area (Å²) in [5.41, 5.74) is 1.31. The molecule has 1 aliphatic rings. The zero-order valence-electron chi connectivity index (χ0n) is 14.3. The highest BCUT2D eigenvalue weighted by Gasteiger charge is 2.33. The van der Waals surface area contributed by atoms with Gasteiger partial charge in [-0.25, -0.2) is 8.42 Å². The maximum atomic E-state index is 12.6. The minimum atomic E-state index is -3.59. The van der Waals surface area contributed by atoms with Crippen molar-refractivity contribution >= 4 is 20.6 Å². The van der Waals surface area contributed by atoms with Gasteiger partial charge in [0.05, 0.1) is 12.9 Å². The molecule has 1 heterocycles. The second kappa shape index (κ2) is 7.61. The number of ether oxygens (including phenoxy) is 2. The highest BCUT2D eigenvalue weighted by atomic mass is 32.2. The molecule has 0 fully saturated rings. The number of benzene rings is 2. The van der Waals surface area contributed by atoms with Gasteiger partial charge in [0.25, 0.3) is 5.91 Å². The number of rotatable bonds is 5. The van der Waals surface area contributed by atoms with E-state index in [0.717, 1.165) is 11.3 Å². The Bertz CT molecular complexity index is 918. The summed E-state index contributed by atoms with van der Waals surface area (Å²) in [6, 6.07) is 15.8. The number of sulfone groups is 1. The molecule has 2 aromatic carbocycles. The molecule has 0 spiro atoms. The molecule has 2 aromatic rings. The molecule has 0 unspecified atom stereocenters. The first-order chi connectivity index (χ1) is 12.5. The van der Waals surface area contributed by atoms with Crippen LogP contribution in [-0.2, 0) is 25.9 Å². The van der Waals surface area contributed by atoms with Crippen LogP contribution < -0.4 is 10.1 Å². The van der Waals surface area contributed by atoms with Crippen LogP contribution in [0.1, 0.15) is 11.1 Å². The fraction of sp³-hybridized carbons (Fsp3) is 0.211. The second-order valence-corrected chi connectivity index (χ2v) is 7.77. The van der Waals surface area contributed by atoms with Gasteiger partial charge in [0.1, 0.15) is 17.3 Å². The van der Waals surface area contributed by atoms with E-state index < -0.39 is 15.7 Å². The van der Waals surface area contributed by atoms with Crippen LogP contribution in [0.15, 0.2) is 60.4 Å². The summed E-state index contributed by atoms with van der Waals surface area (Å²) >= 11 is 0. The lowest BCUT2D eigenvalue weighted by Crippen LogP contribution is -2.32. The minimum Gasteiger partial charge on any atom is -0.497 e. The number of carbonyl (C=O) groups is 1. The van der Waals surface area contributed by atoms with Gasteiger partial charge in [-0.3, -0.25) is 4.79 Å². The van der Waals surface area contributed by atoms with Crippen LogP contribution in [0.5, 0.6) is 5.75 Å². The van der Waals surface area contributed by atoms with Crippen LogP contribution in [0.25, 0.3) is 4.91 Å². The molecule has 0 saturated heterocycles. The molecule has 0 radical (unpaired) electrons. The molecule has 0 bridgehead atoms. The van der Waals surface area contributed by atoms with Crippen molar-refractivity contribution in [2.24, 2.45) is 0 Å². The predicted octanol–water partition coefficient (Wildman–Crippen LogP) is 2.13. The Morgan fingerprint density at radius 1 is 1.12 bits per heavy atom. The third-order valence-electron chi connectivity index (χ3n) is 3.97. The average molecular weight is 373 g/mol. The highest BCUT2D eigenvalue weighted by molar-refractivity contribution is 8.00. The van der Waals surface area contributed by atoms with E-state index >= 15 is 0 Å². The molecule has 3 rings (SSSR count). The Hall–Kier alpha value is -2.80. The van der Waals surface area contributed by atoms with Crippen LogP contribution in [0, 0.1) is 0 Å². The Kier molecular flexibility index (Phi) is 5.27. The topological polar surface area (TPSA) is 81.7 Å². The lowest BCUT2D eigenvalue weighted by molar-refractivity contribution is -0.120. The molecule has 0 aliphatic carbocycles. The van der Waals surface area contributed by atoms with Gasteiger partial charge in [-0.2, -0.15) is 0 Å². The summed E-state index contributed by atoms with van der Waals surface area (Å²) in [5, 5.41) is 2.72. The van der Waals surface area contributed by atoms with Gasteiger partial charge in [-0.05, 0) is 23.3 Å². The second-order valence-electron chi connectivity index (χ2n) is 5.72. The summed E-state index contributed by atoms with van der Waals surface area (Å²) in [7, 11) is -2.01. The first-order valence-electron chi connectivity index (χ1n) is 8.07. The molecular formula is C19H19NO5S. The van der Waals surface area contributed by atoms with E-state index in [9.17, 15) is 13.2 Å². The van der Waals surface area contributed by atoms with Gasteiger partial charge in [0.2, 0.25) is 5.76 Å². The van der Waals surface area contributed by atoms with E-state index in [2.05, 4.69) is 5.32 Å². The first-order valence-corrected chi connectivity index (χ1v) is 9.73. The first kappa shape index (κ1) is 18.0. The van der Waals surface area contributed by atoms with Crippen LogP contribution >= 0.6 is 0 Å². The van der Waals surface area contributed by atoms with E-state index in [0.29, 0.717) is 5.56 Å². The Labute approximate surface area is 152 Å².